The van der Waals surface area contributed by atoms with Gasteiger partial charge in [-0.25, -0.2) is 9.37 Å². The smallest absolute Gasteiger partial charge is 0.224 e. The summed E-state index contributed by atoms with van der Waals surface area (Å²) in [5.74, 6) is 1.07. The summed E-state index contributed by atoms with van der Waals surface area (Å²) in [5.41, 5.74) is 0.782. The Morgan fingerprint density at radius 1 is 1.42 bits per heavy atom. The van der Waals surface area contributed by atoms with E-state index in [0.29, 0.717) is 61.5 Å². The molecule has 1 N–H and O–H groups in total. The summed E-state index contributed by atoms with van der Waals surface area (Å²) in [6.45, 7) is 4.75. The molecule has 1 amide bonds. The van der Waals surface area contributed by atoms with E-state index in [4.69, 9.17) is 4.74 Å². The van der Waals surface area contributed by atoms with Crippen LogP contribution in [0.25, 0.3) is 0 Å². The van der Waals surface area contributed by atoms with E-state index in [2.05, 4.69) is 17.2 Å². The lowest BCUT2D eigenvalue weighted by atomic mass is 9.68. The maximum Gasteiger partial charge on any atom is 0.224 e. The number of rotatable bonds is 6. The lowest BCUT2D eigenvalue weighted by molar-refractivity contribution is -0.118. The first-order valence-corrected chi connectivity index (χ1v) is 9.83. The van der Waals surface area contributed by atoms with Crippen molar-refractivity contribution in [2.24, 2.45) is 17.3 Å². The summed E-state index contributed by atoms with van der Waals surface area (Å²) in [6, 6.07) is 1.38. The van der Waals surface area contributed by atoms with Crippen LogP contribution >= 0.6 is 0 Å². The topological polar surface area (TPSA) is 54.5 Å². The average molecular weight is 361 g/mol. The first-order valence-electron chi connectivity index (χ1n) is 9.83. The van der Waals surface area contributed by atoms with Gasteiger partial charge in [0.15, 0.2) is 11.6 Å². The Morgan fingerprint density at radius 3 is 2.73 bits per heavy atom. The fraction of sp³-hybridized carbons (Fsp3) is 0.700. The number of carbonyl (C=O) groups is 1. The minimum Gasteiger partial charge on any atom is -0.378 e. The van der Waals surface area contributed by atoms with E-state index in [0.717, 1.165) is 0 Å². The third-order valence-electron chi connectivity index (χ3n) is 6.47. The molecule has 0 bridgehead atoms. The van der Waals surface area contributed by atoms with Gasteiger partial charge in [0.25, 0.3) is 0 Å². The van der Waals surface area contributed by atoms with Crippen molar-refractivity contribution in [2.45, 2.75) is 45.4 Å². The Morgan fingerprint density at radius 2 is 2.15 bits per heavy atom. The van der Waals surface area contributed by atoms with Gasteiger partial charge in [-0.1, -0.05) is 26.2 Å². The Labute approximate surface area is 154 Å². The molecule has 6 heteroatoms. The molecule has 4 rings (SSSR count). The fourth-order valence-electron chi connectivity index (χ4n) is 4.31. The van der Waals surface area contributed by atoms with Crippen molar-refractivity contribution in [2.75, 3.05) is 36.5 Å². The van der Waals surface area contributed by atoms with E-state index in [1.54, 1.807) is 6.20 Å². The zero-order valence-corrected chi connectivity index (χ0v) is 15.5. The van der Waals surface area contributed by atoms with E-state index in [1.165, 1.54) is 38.2 Å². The standard InChI is InChI=1S/C20H28FN3O2/c1-20(5-6-20)16(14-3-2-4-14)12-18(25)23-15-11-17(21)19(22-13-15)24-7-9-26-10-8-24/h11,13-14,16H,2-10,12H2,1H3,(H,23,25). The van der Waals surface area contributed by atoms with Crippen LogP contribution in [0.5, 0.6) is 0 Å². The van der Waals surface area contributed by atoms with Gasteiger partial charge >= 0.3 is 0 Å². The van der Waals surface area contributed by atoms with E-state index >= 15 is 0 Å². The van der Waals surface area contributed by atoms with Crippen molar-refractivity contribution >= 4 is 17.4 Å². The van der Waals surface area contributed by atoms with E-state index < -0.39 is 5.82 Å². The molecule has 2 heterocycles. The molecule has 2 aliphatic carbocycles. The quantitative estimate of drug-likeness (QED) is 0.841. The molecule has 2 saturated carbocycles. The average Bonchev–Trinajstić information content (AvgIpc) is 3.32. The lowest BCUT2D eigenvalue weighted by Gasteiger charge is -2.37. The van der Waals surface area contributed by atoms with Crippen molar-refractivity contribution < 1.29 is 13.9 Å². The summed E-state index contributed by atoms with van der Waals surface area (Å²) in [6.07, 6.45) is 8.33. The van der Waals surface area contributed by atoms with Crippen LogP contribution in [0, 0.1) is 23.1 Å². The number of ether oxygens (including phenoxy) is 1. The van der Waals surface area contributed by atoms with Gasteiger partial charge in [-0.2, -0.15) is 0 Å². The zero-order valence-electron chi connectivity index (χ0n) is 15.5. The van der Waals surface area contributed by atoms with Gasteiger partial charge in [0.2, 0.25) is 5.91 Å². The largest absolute Gasteiger partial charge is 0.378 e. The monoisotopic (exact) mass is 361 g/mol. The van der Waals surface area contributed by atoms with Crippen molar-refractivity contribution in [1.82, 2.24) is 4.98 Å². The maximum atomic E-state index is 14.4. The molecule has 0 aromatic carbocycles. The molecule has 0 radical (unpaired) electrons. The van der Waals surface area contributed by atoms with Crippen LogP contribution in [-0.2, 0) is 9.53 Å². The van der Waals surface area contributed by atoms with Crippen LogP contribution < -0.4 is 10.2 Å². The Bertz CT molecular complexity index is 667. The normalized spacial score (nSPS) is 23.2. The van der Waals surface area contributed by atoms with Gasteiger partial charge in [-0.05, 0) is 30.1 Å². The molecular weight excluding hydrogens is 333 g/mol. The summed E-state index contributed by atoms with van der Waals surface area (Å²) in [4.78, 5) is 18.7. The second-order valence-electron chi connectivity index (χ2n) is 8.33. The summed E-state index contributed by atoms with van der Waals surface area (Å²) >= 11 is 0. The third kappa shape index (κ3) is 3.70. The number of morpholine rings is 1. The van der Waals surface area contributed by atoms with Crippen molar-refractivity contribution in [3.8, 4) is 0 Å². The lowest BCUT2D eigenvalue weighted by Crippen LogP contribution is -2.37. The predicted octanol–water partition coefficient (Wildman–Crippen LogP) is 3.60. The number of halogens is 1. The van der Waals surface area contributed by atoms with Gasteiger partial charge in [-0.3, -0.25) is 4.79 Å². The van der Waals surface area contributed by atoms with Crippen LogP contribution in [0.3, 0.4) is 0 Å². The summed E-state index contributed by atoms with van der Waals surface area (Å²) in [5, 5.41) is 2.86. The van der Waals surface area contributed by atoms with Crippen LogP contribution in [0.2, 0.25) is 0 Å². The number of nitrogens with one attached hydrogen (secondary N) is 1. The minimum absolute atomic E-state index is 0.0182. The zero-order chi connectivity index (χ0) is 18.1. The molecule has 3 fully saturated rings. The molecule has 26 heavy (non-hydrogen) atoms. The molecule has 0 spiro atoms. The molecule has 5 nitrogen and oxygen atoms in total. The minimum atomic E-state index is -0.394. The predicted molar refractivity (Wildman–Crippen MR) is 98.6 cm³/mol. The second kappa shape index (κ2) is 7.14. The number of hydrogen-bond acceptors (Lipinski definition) is 4. The molecule has 1 unspecified atom stereocenters. The highest BCUT2D eigenvalue weighted by Gasteiger charge is 2.49. The number of anilines is 2. The van der Waals surface area contributed by atoms with Crippen LogP contribution in [0.1, 0.15) is 45.4 Å². The molecule has 3 aliphatic rings. The van der Waals surface area contributed by atoms with E-state index in [-0.39, 0.29) is 5.91 Å². The number of pyridine rings is 1. The summed E-state index contributed by atoms with van der Waals surface area (Å²) < 4.78 is 19.7. The first-order chi connectivity index (χ1) is 12.5. The number of aromatic nitrogens is 1. The van der Waals surface area contributed by atoms with Crippen molar-refractivity contribution in [1.29, 1.82) is 0 Å². The van der Waals surface area contributed by atoms with Crippen LogP contribution in [-0.4, -0.2) is 37.2 Å². The molecule has 1 aromatic heterocycles. The highest BCUT2D eigenvalue weighted by atomic mass is 19.1. The number of hydrogen-bond donors (Lipinski definition) is 1. The summed E-state index contributed by atoms with van der Waals surface area (Å²) in [7, 11) is 0. The molecule has 1 atom stereocenters. The molecule has 1 aliphatic heterocycles. The third-order valence-corrected chi connectivity index (χ3v) is 6.47. The van der Waals surface area contributed by atoms with Gasteiger partial charge in [0.1, 0.15) is 0 Å². The maximum absolute atomic E-state index is 14.4. The van der Waals surface area contributed by atoms with Gasteiger partial charge in [0.05, 0.1) is 25.1 Å². The number of amides is 1. The Hall–Kier alpha value is -1.69. The van der Waals surface area contributed by atoms with E-state index in [1.807, 2.05) is 4.90 Å². The fourth-order valence-corrected chi connectivity index (χ4v) is 4.31. The highest BCUT2D eigenvalue weighted by Crippen LogP contribution is 2.58. The van der Waals surface area contributed by atoms with Crippen LogP contribution in [0.15, 0.2) is 12.3 Å². The van der Waals surface area contributed by atoms with Crippen LogP contribution in [0.4, 0.5) is 15.9 Å². The van der Waals surface area contributed by atoms with Crippen molar-refractivity contribution in [3.05, 3.63) is 18.1 Å². The second-order valence-corrected chi connectivity index (χ2v) is 8.33. The Kier molecular flexibility index (Phi) is 4.86. The Balaban J connectivity index is 1.38. The number of nitrogens with zero attached hydrogens (tertiary/aromatic N) is 2. The van der Waals surface area contributed by atoms with E-state index in [9.17, 15) is 9.18 Å². The number of carbonyl (C=O) groups excluding carboxylic acids is 1. The molecule has 1 saturated heterocycles. The van der Waals surface area contributed by atoms with Gasteiger partial charge < -0.3 is 15.0 Å². The molecule has 142 valence electrons. The molecular formula is C20H28FN3O2. The van der Waals surface area contributed by atoms with Gasteiger partial charge in [-0.15, -0.1) is 0 Å². The first kappa shape index (κ1) is 17.7. The SMILES string of the molecule is CC1(C(CC(=O)Nc2cnc(N3CCOCC3)c(F)c2)C2CCC2)CC1. The highest BCUT2D eigenvalue weighted by molar-refractivity contribution is 5.90. The molecule has 1 aromatic rings. The van der Waals surface area contributed by atoms with Gasteiger partial charge in [0, 0.05) is 25.6 Å². The van der Waals surface area contributed by atoms with Crippen molar-refractivity contribution in [3.63, 3.8) is 0 Å².